The smallest absolute Gasteiger partial charge is 0.0553 e. The highest BCUT2D eigenvalue weighted by atomic mass is 15.1. The molecule has 15 heavy (non-hydrogen) atoms. The maximum Gasteiger partial charge on any atom is 0.0553 e. The van der Waals surface area contributed by atoms with Crippen molar-refractivity contribution in [3.8, 4) is 0 Å². The average Bonchev–Trinajstić information content (AvgIpc) is 2.80. The lowest BCUT2D eigenvalue weighted by molar-refractivity contribution is 0.398. The minimum atomic E-state index is 0.522. The zero-order chi connectivity index (χ0) is 10.3. The van der Waals surface area contributed by atoms with Crippen molar-refractivity contribution in [2.45, 2.75) is 45.1 Å². The molecule has 0 bridgehead atoms. The summed E-state index contributed by atoms with van der Waals surface area (Å²) < 4.78 is 0. The molecule has 1 atom stereocenters. The van der Waals surface area contributed by atoms with Gasteiger partial charge in [0.15, 0.2) is 0 Å². The molecular formula is C12H19N3. The molecule has 2 N–H and O–H groups in total. The minimum Gasteiger partial charge on any atom is -0.308 e. The second kappa shape index (κ2) is 3.34. The summed E-state index contributed by atoms with van der Waals surface area (Å²) in [6, 6.07) is 0.522. The first kappa shape index (κ1) is 9.40. The zero-order valence-corrected chi connectivity index (χ0v) is 9.34. The highest BCUT2D eigenvalue weighted by Gasteiger charge is 2.37. The molecule has 0 radical (unpaired) electrons. The molecule has 82 valence electrons. The van der Waals surface area contributed by atoms with E-state index in [2.05, 4.69) is 22.4 Å². The zero-order valence-electron chi connectivity index (χ0n) is 9.34. The number of H-pyrrole nitrogens is 1. The number of aromatic nitrogens is 2. The molecule has 0 aliphatic heterocycles. The molecule has 0 spiro atoms. The van der Waals surface area contributed by atoms with E-state index in [1.165, 1.54) is 43.4 Å². The summed E-state index contributed by atoms with van der Waals surface area (Å²) in [5.74, 6) is 0. The number of hydrogen-bond acceptors (Lipinski definition) is 2. The van der Waals surface area contributed by atoms with Crippen LogP contribution in [0.3, 0.4) is 0 Å². The van der Waals surface area contributed by atoms with Gasteiger partial charge in [-0.1, -0.05) is 6.92 Å². The number of fused-ring (bicyclic) bond motifs is 1. The van der Waals surface area contributed by atoms with Gasteiger partial charge in [0, 0.05) is 12.6 Å². The van der Waals surface area contributed by atoms with Crippen molar-refractivity contribution < 1.29 is 0 Å². The van der Waals surface area contributed by atoms with Gasteiger partial charge in [-0.05, 0) is 43.1 Å². The Labute approximate surface area is 90.7 Å². The largest absolute Gasteiger partial charge is 0.308 e. The van der Waals surface area contributed by atoms with E-state index in [9.17, 15) is 0 Å². The maximum absolute atomic E-state index is 4.15. The van der Waals surface area contributed by atoms with Crippen LogP contribution in [0.25, 0.3) is 0 Å². The van der Waals surface area contributed by atoms with Crippen molar-refractivity contribution in [3.05, 3.63) is 17.5 Å². The SMILES string of the molecule is CC1(CNC2CCCc3cn[nH]c32)CC1. The molecule has 1 unspecified atom stereocenters. The van der Waals surface area contributed by atoms with E-state index < -0.39 is 0 Å². The normalized spacial score (nSPS) is 27.4. The number of rotatable bonds is 3. The molecule has 1 saturated carbocycles. The predicted molar refractivity (Wildman–Crippen MR) is 59.6 cm³/mol. The molecule has 1 aromatic rings. The standard InChI is InChI=1S/C12H19N3/c1-12(5-6-12)8-13-10-4-2-3-9-7-14-15-11(9)10/h7,10,13H,2-6,8H2,1H3,(H,14,15). The third-order valence-electron chi connectivity index (χ3n) is 3.92. The highest BCUT2D eigenvalue weighted by molar-refractivity contribution is 5.22. The number of nitrogens with zero attached hydrogens (tertiary/aromatic N) is 1. The van der Waals surface area contributed by atoms with Crippen molar-refractivity contribution in [2.75, 3.05) is 6.54 Å². The fourth-order valence-electron chi connectivity index (χ4n) is 2.43. The van der Waals surface area contributed by atoms with Gasteiger partial charge in [0.05, 0.1) is 11.9 Å². The van der Waals surface area contributed by atoms with Gasteiger partial charge >= 0.3 is 0 Å². The van der Waals surface area contributed by atoms with Crippen molar-refractivity contribution in [1.29, 1.82) is 0 Å². The van der Waals surface area contributed by atoms with Crippen LogP contribution in [0.15, 0.2) is 6.20 Å². The summed E-state index contributed by atoms with van der Waals surface area (Å²) in [5.41, 5.74) is 3.35. The van der Waals surface area contributed by atoms with Crippen LogP contribution in [0.1, 0.15) is 49.9 Å². The van der Waals surface area contributed by atoms with Crippen molar-refractivity contribution in [3.63, 3.8) is 0 Å². The van der Waals surface area contributed by atoms with Gasteiger partial charge in [0.1, 0.15) is 0 Å². The molecule has 3 heteroatoms. The number of nitrogens with one attached hydrogen (secondary N) is 2. The molecule has 3 rings (SSSR count). The summed E-state index contributed by atoms with van der Waals surface area (Å²) in [6.07, 6.45) is 8.51. The van der Waals surface area contributed by atoms with Gasteiger partial charge in [-0.15, -0.1) is 0 Å². The Morgan fingerprint density at radius 3 is 3.27 bits per heavy atom. The Bertz CT molecular complexity index is 352. The number of aryl methyl sites for hydroxylation is 1. The lowest BCUT2D eigenvalue weighted by Crippen LogP contribution is -2.29. The average molecular weight is 205 g/mol. The summed E-state index contributed by atoms with van der Waals surface area (Å²) in [5, 5.41) is 11.0. The lowest BCUT2D eigenvalue weighted by atomic mass is 9.93. The van der Waals surface area contributed by atoms with Crippen LogP contribution in [-0.4, -0.2) is 16.7 Å². The number of aromatic amines is 1. The van der Waals surface area contributed by atoms with E-state index >= 15 is 0 Å². The Balaban J connectivity index is 1.67. The summed E-state index contributed by atoms with van der Waals surface area (Å²) in [7, 11) is 0. The van der Waals surface area contributed by atoms with Crippen molar-refractivity contribution in [1.82, 2.24) is 15.5 Å². The van der Waals surface area contributed by atoms with Crippen LogP contribution in [0.2, 0.25) is 0 Å². The van der Waals surface area contributed by atoms with Crippen LogP contribution >= 0.6 is 0 Å². The van der Waals surface area contributed by atoms with Crippen LogP contribution in [0.4, 0.5) is 0 Å². The summed E-state index contributed by atoms with van der Waals surface area (Å²) >= 11 is 0. The number of hydrogen-bond donors (Lipinski definition) is 2. The first-order chi connectivity index (χ1) is 7.27. The second-order valence-electron chi connectivity index (χ2n) is 5.45. The first-order valence-corrected chi connectivity index (χ1v) is 6.02. The molecular weight excluding hydrogens is 186 g/mol. The van der Waals surface area contributed by atoms with E-state index in [1.807, 2.05) is 6.20 Å². The van der Waals surface area contributed by atoms with E-state index in [0.717, 1.165) is 6.54 Å². The van der Waals surface area contributed by atoms with Gasteiger partial charge in [-0.25, -0.2) is 0 Å². The third kappa shape index (κ3) is 1.81. The van der Waals surface area contributed by atoms with Crippen LogP contribution in [0.5, 0.6) is 0 Å². The fourth-order valence-corrected chi connectivity index (χ4v) is 2.43. The Morgan fingerprint density at radius 2 is 2.47 bits per heavy atom. The van der Waals surface area contributed by atoms with Crippen molar-refractivity contribution in [2.24, 2.45) is 5.41 Å². The lowest BCUT2D eigenvalue weighted by Gasteiger charge is -2.24. The molecule has 0 aromatic carbocycles. The van der Waals surface area contributed by atoms with Gasteiger partial charge in [0.2, 0.25) is 0 Å². The molecule has 2 aliphatic carbocycles. The molecule has 1 fully saturated rings. The van der Waals surface area contributed by atoms with Gasteiger partial charge in [-0.3, -0.25) is 5.10 Å². The topological polar surface area (TPSA) is 40.7 Å². The van der Waals surface area contributed by atoms with Crippen molar-refractivity contribution >= 4 is 0 Å². The molecule has 0 saturated heterocycles. The van der Waals surface area contributed by atoms with Crippen LogP contribution in [0, 0.1) is 5.41 Å². The second-order valence-corrected chi connectivity index (χ2v) is 5.45. The van der Waals surface area contributed by atoms with E-state index in [4.69, 9.17) is 0 Å². The van der Waals surface area contributed by atoms with Gasteiger partial charge < -0.3 is 5.32 Å². The summed E-state index contributed by atoms with van der Waals surface area (Å²) in [6.45, 7) is 3.53. The Hall–Kier alpha value is -0.830. The van der Waals surface area contributed by atoms with Gasteiger partial charge in [-0.2, -0.15) is 5.10 Å². The molecule has 2 aliphatic rings. The molecule has 3 nitrogen and oxygen atoms in total. The predicted octanol–water partition coefficient (Wildman–Crippen LogP) is 2.18. The van der Waals surface area contributed by atoms with E-state index in [1.54, 1.807) is 0 Å². The molecule has 0 amide bonds. The maximum atomic E-state index is 4.15. The van der Waals surface area contributed by atoms with Crippen LogP contribution in [-0.2, 0) is 6.42 Å². The Kier molecular flexibility index (Phi) is 2.09. The van der Waals surface area contributed by atoms with E-state index in [-0.39, 0.29) is 0 Å². The minimum absolute atomic E-state index is 0.522. The monoisotopic (exact) mass is 205 g/mol. The molecule has 1 heterocycles. The molecule has 1 aromatic heterocycles. The van der Waals surface area contributed by atoms with E-state index in [0.29, 0.717) is 11.5 Å². The summed E-state index contributed by atoms with van der Waals surface area (Å²) in [4.78, 5) is 0. The highest BCUT2D eigenvalue weighted by Crippen LogP contribution is 2.44. The first-order valence-electron chi connectivity index (χ1n) is 6.02. The third-order valence-corrected chi connectivity index (χ3v) is 3.92. The fraction of sp³-hybridized carbons (Fsp3) is 0.750. The quantitative estimate of drug-likeness (QED) is 0.794. The van der Waals surface area contributed by atoms with Gasteiger partial charge in [0.25, 0.3) is 0 Å². The van der Waals surface area contributed by atoms with Crippen LogP contribution < -0.4 is 5.32 Å². The Morgan fingerprint density at radius 1 is 1.60 bits per heavy atom.